The van der Waals surface area contributed by atoms with Gasteiger partial charge in [0.25, 0.3) is 0 Å². The number of piperidine rings is 1. The Balaban J connectivity index is 2.29. The van der Waals surface area contributed by atoms with Crippen molar-refractivity contribution in [3.8, 4) is 0 Å². The largest absolute Gasteiger partial charge is 0.320 e. The number of rotatable bonds is 3. The second-order valence-electron chi connectivity index (χ2n) is 4.63. The van der Waals surface area contributed by atoms with Crippen LogP contribution in [0.15, 0.2) is 0 Å². The highest BCUT2D eigenvalue weighted by Gasteiger charge is 2.33. The van der Waals surface area contributed by atoms with Crippen molar-refractivity contribution >= 4 is 23.4 Å². The van der Waals surface area contributed by atoms with Crippen LogP contribution in [0.4, 0.5) is 0 Å². The first-order valence-electron chi connectivity index (χ1n) is 6.27. The molecule has 0 bridgehead atoms. The molecule has 0 aromatic carbocycles. The molecule has 0 radical (unpaired) electrons. The zero-order valence-corrected chi connectivity index (χ0v) is 11.8. The molecule has 6 nitrogen and oxygen atoms in total. The standard InChI is InChI=1S/C12H17ClN4O2/c1-3-17-9(11(13)7(2)15-17)6-16-10(18)5-4-8(14)12(16)19/h8H,3-6,14H2,1-2H3. The molecule has 1 aliphatic rings. The molecule has 2 rings (SSSR count). The Labute approximate surface area is 116 Å². The molecule has 2 amide bonds. The first kappa shape index (κ1) is 14.0. The van der Waals surface area contributed by atoms with Gasteiger partial charge in [-0.3, -0.25) is 19.2 Å². The lowest BCUT2D eigenvalue weighted by Crippen LogP contribution is -2.50. The van der Waals surface area contributed by atoms with Crippen LogP contribution in [0.1, 0.15) is 31.2 Å². The van der Waals surface area contributed by atoms with E-state index in [2.05, 4.69) is 5.10 Å². The third-order valence-electron chi connectivity index (χ3n) is 3.31. The number of nitrogens with zero attached hydrogens (tertiary/aromatic N) is 3. The Morgan fingerprint density at radius 1 is 1.47 bits per heavy atom. The number of carbonyl (C=O) groups is 2. The molecule has 0 aliphatic carbocycles. The summed E-state index contributed by atoms with van der Waals surface area (Å²) >= 11 is 6.18. The Morgan fingerprint density at radius 2 is 2.16 bits per heavy atom. The van der Waals surface area contributed by atoms with Gasteiger partial charge in [0.2, 0.25) is 11.8 Å². The Bertz CT molecular complexity index is 526. The fraction of sp³-hybridized carbons (Fsp3) is 0.583. The van der Waals surface area contributed by atoms with Crippen LogP contribution >= 0.6 is 11.6 Å². The Hall–Kier alpha value is -1.40. The van der Waals surface area contributed by atoms with Gasteiger partial charge in [0.1, 0.15) is 0 Å². The van der Waals surface area contributed by atoms with Crippen molar-refractivity contribution in [2.45, 2.75) is 45.8 Å². The van der Waals surface area contributed by atoms with E-state index in [1.807, 2.05) is 6.92 Å². The summed E-state index contributed by atoms with van der Waals surface area (Å²) in [5, 5.41) is 4.77. The number of imide groups is 1. The summed E-state index contributed by atoms with van der Waals surface area (Å²) < 4.78 is 1.71. The number of hydrogen-bond acceptors (Lipinski definition) is 4. The average Bonchev–Trinajstić information content (AvgIpc) is 2.66. The van der Waals surface area contributed by atoms with Gasteiger partial charge in [-0.25, -0.2) is 0 Å². The van der Waals surface area contributed by atoms with E-state index in [0.29, 0.717) is 35.8 Å². The van der Waals surface area contributed by atoms with E-state index in [9.17, 15) is 9.59 Å². The van der Waals surface area contributed by atoms with Crippen molar-refractivity contribution in [1.82, 2.24) is 14.7 Å². The second kappa shape index (κ2) is 5.30. The van der Waals surface area contributed by atoms with E-state index in [1.165, 1.54) is 4.90 Å². The Morgan fingerprint density at radius 3 is 2.79 bits per heavy atom. The fourth-order valence-corrected chi connectivity index (χ4v) is 2.39. The van der Waals surface area contributed by atoms with E-state index in [1.54, 1.807) is 11.6 Å². The zero-order valence-electron chi connectivity index (χ0n) is 11.0. The van der Waals surface area contributed by atoms with Crippen LogP contribution in [0.3, 0.4) is 0 Å². The minimum absolute atomic E-state index is 0.138. The van der Waals surface area contributed by atoms with Gasteiger partial charge in [0.05, 0.1) is 29.0 Å². The van der Waals surface area contributed by atoms with E-state index < -0.39 is 6.04 Å². The third-order valence-corrected chi connectivity index (χ3v) is 3.81. The normalized spacial score (nSPS) is 20.2. The van der Waals surface area contributed by atoms with Crippen molar-refractivity contribution in [3.63, 3.8) is 0 Å². The lowest BCUT2D eigenvalue weighted by Gasteiger charge is -2.28. The van der Waals surface area contributed by atoms with E-state index in [0.717, 1.165) is 0 Å². The lowest BCUT2D eigenvalue weighted by atomic mass is 10.0. The van der Waals surface area contributed by atoms with Gasteiger partial charge in [-0.15, -0.1) is 0 Å². The molecule has 1 aromatic rings. The number of aryl methyl sites for hydroxylation is 2. The monoisotopic (exact) mass is 284 g/mol. The predicted molar refractivity (Wildman–Crippen MR) is 70.4 cm³/mol. The first-order chi connectivity index (χ1) is 8.95. The lowest BCUT2D eigenvalue weighted by molar-refractivity contribution is -0.150. The topological polar surface area (TPSA) is 81.2 Å². The quantitative estimate of drug-likeness (QED) is 0.834. The highest BCUT2D eigenvalue weighted by atomic mass is 35.5. The van der Waals surface area contributed by atoms with Gasteiger partial charge < -0.3 is 5.73 Å². The summed E-state index contributed by atoms with van der Waals surface area (Å²) in [6.45, 7) is 4.49. The molecule has 1 unspecified atom stereocenters. The summed E-state index contributed by atoms with van der Waals surface area (Å²) in [6.07, 6.45) is 0.706. The second-order valence-corrected chi connectivity index (χ2v) is 5.00. The van der Waals surface area contributed by atoms with Gasteiger partial charge >= 0.3 is 0 Å². The fourth-order valence-electron chi connectivity index (χ4n) is 2.20. The summed E-state index contributed by atoms with van der Waals surface area (Å²) in [7, 11) is 0. The van der Waals surface area contributed by atoms with Crippen LogP contribution in [0.2, 0.25) is 5.02 Å². The maximum absolute atomic E-state index is 12.0. The van der Waals surface area contributed by atoms with Crippen LogP contribution < -0.4 is 5.73 Å². The molecule has 1 fully saturated rings. The number of amides is 2. The number of carbonyl (C=O) groups excluding carboxylic acids is 2. The Kier molecular flexibility index (Phi) is 3.91. The van der Waals surface area contributed by atoms with E-state index in [4.69, 9.17) is 17.3 Å². The maximum atomic E-state index is 12.0. The number of likely N-dealkylation sites (tertiary alicyclic amines) is 1. The molecule has 1 aromatic heterocycles. The van der Waals surface area contributed by atoms with E-state index >= 15 is 0 Å². The number of nitrogens with two attached hydrogens (primary N) is 1. The average molecular weight is 285 g/mol. The number of halogens is 1. The van der Waals surface area contributed by atoms with E-state index in [-0.39, 0.29) is 18.4 Å². The molecular weight excluding hydrogens is 268 g/mol. The van der Waals surface area contributed by atoms with Crippen LogP contribution in [0.25, 0.3) is 0 Å². The number of aromatic nitrogens is 2. The summed E-state index contributed by atoms with van der Waals surface area (Å²) in [5.41, 5.74) is 7.07. The molecule has 2 heterocycles. The molecule has 0 spiro atoms. The minimum atomic E-state index is -0.601. The van der Waals surface area contributed by atoms with Crippen LogP contribution in [0, 0.1) is 6.92 Å². The van der Waals surface area contributed by atoms with Gasteiger partial charge in [0.15, 0.2) is 0 Å². The van der Waals surface area contributed by atoms with Crippen LogP contribution in [-0.2, 0) is 22.7 Å². The smallest absolute Gasteiger partial charge is 0.246 e. The molecule has 1 saturated heterocycles. The molecule has 1 atom stereocenters. The molecule has 7 heteroatoms. The highest BCUT2D eigenvalue weighted by Crippen LogP contribution is 2.24. The van der Waals surface area contributed by atoms with Crippen molar-refractivity contribution in [1.29, 1.82) is 0 Å². The summed E-state index contributed by atoms with van der Waals surface area (Å²) in [6, 6.07) is -0.601. The molecule has 2 N–H and O–H groups in total. The number of hydrogen-bond donors (Lipinski definition) is 1. The molecule has 0 saturated carbocycles. The van der Waals surface area contributed by atoms with Crippen molar-refractivity contribution in [3.05, 3.63) is 16.4 Å². The van der Waals surface area contributed by atoms with Crippen molar-refractivity contribution in [2.75, 3.05) is 0 Å². The molecule has 1 aliphatic heterocycles. The zero-order chi connectivity index (χ0) is 14.2. The third kappa shape index (κ3) is 2.50. The molecule has 104 valence electrons. The summed E-state index contributed by atoms with van der Waals surface area (Å²) in [4.78, 5) is 25.0. The summed E-state index contributed by atoms with van der Waals surface area (Å²) in [5.74, 6) is -0.543. The minimum Gasteiger partial charge on any atom is -0.320 e. The van der Waals surface area contributed by atoms with Crippen LogP contribution in [0.5, 0.6) is 0 Å². The van der Waals surface area contributed by atoms with Crippen molar-refractivity contribution < 1.29 is 9.59 Å². The van der Waals surface area contributed by atoms with Crippen molar-refractivity contribution in [2.24, 2.45) is 5.73 Å². The maximum Gasteiger partial charge on any atom is 0.246 e. The SMILES string of the molecule is CCn1nc(C)c(Cl)c1CN1C(=O)CCC(N)C1=O. The highest BCUT2D eigenvalue weighted by molar-refractivity contribution is 6.31. The predicted octanol–water partition coefficient (Wildman–Crippen LogP) is 0.841. The molecular formula is C12H17ClN4O2. The first-order valence-corrected chi connectivity index (χ1v) is 6.65. The van der Waals surface area contributed by atoms with Crippen LogP contribution in [-0.4, -0.2) is 32.5 Å². The van der Waals surface area contributed by atoms with Gasteiger partial charge in [-0.2, -0.15) is 5.10 Å². The van der Waals surface area contributed by atoms with Gasteiger partial charge in [0, 0.05) is 13.0 Å². The molecule has 19 heavy (non-hydrogen) atoms. The van der Waals surface area contributed by atoms with Gasteiger partial charge in [-0.1, -0.05) is 11.6 Å². The van der Waals surface area contributed by atoms with Gasteiger partial charge in [-0.05, 0) is 20.3 Å².